The Morgan fingerprint density at radius 3 is 2.73 bits per heavy atom. The number of rotatable bonds is 4. The summed E-state index contributed by atoms with van der Waals surface area (Å²) < 4.78 is 7.08. The van der Waals surface area contributed by atoms with E-state index in [1.165, 1.54) is 4.88 Å². The van der Waals surface area contributed by atoms with Gasteiger partial charge in [0.2, 0.25) is 5.91 Å². The van der Waals surface area contributed by atoms with Crippen LogP contribution in [0.4, 0.5) is 5.69 Å². The van der Waals surface area contributed by atoms with E-state index >= 15 is 0 Å². The number of ether oxygens (including phenoxy) is 1. The Hall–Kier alpha value is -3.82. The van der Waals surface area contributed by atoms with Gasteiger partial charge in [-0.3, -0.25) is 14.4 Å². The van der Waals surface area contributed by atoms with E-state index in [2.05, 4.69) is 29.4 Å². The van der Waals surface area contributed by atoms with Crippen molar-refractivity contribution in [1.29, 1.82) is 0 Å². The van der Waals surface area contributed by atoms with Crippen LogP contribution in [0.2, 0.25) is 5.02 Å². The largest absolute Gasteiger partial charge is 0.457 e. The molecule has 0 saturated carbocycles. The molecule has 0 unspecified atom stereocenters. The van der Waals surface area contributed by atoms with Gasteiger partial charge in [-0.1, -0.05) is 29.8 Å². The van der Waals surface area contributed by atoms with E-state index in [1.807, 2.05) is 35.8 Å². The Morgan fingerprint density at radius 1 is 1.16 bits per heavy atom. The normalized spacial score (nSPS) is 15.8. The number of carbonyl (C=O) groups is 2. The summed E-state index contributed by atoms with van der Waals surface area (Å²) in [4.78, 5) is 31.5. The zero-order chi connectivity index (χ0) is 25.8. The second-order valence-corrected chi connectivity index (χ2v) is 10.7. The Balaban J connectivity index is 1.41. The maximum Gasteiger partial charge on any atom is 0.338 e. The minimum atomic E-state index is -0.578. The quantitative estimate of drug-likeness (QED) is 0.351. The Morgan fingerprint density at radius 2 is 1.95 bits per heavy atom. The first-order valence-corrected chi connectivity index (χ1v) is 13.0. The van der Waals surface area contributed by atoms with Crippen molar-refractivity contribution >= 4 is 46.2 Å². The van der Waals surface area contributed by atoms with Crippen molar-refractivity contribution < 1.29 is 14.3 Å². The molecule has 0 spiro atoms. The molecule has 2 aromatic heterocycles. The number of nitrogens with one attached hydrogen (secondary N) is 1. The van der Waals surface area contributed by atoms with Crippen molar-refractivity contribution in [2.24, 2.45) is 4.99 Å². The molecule has 186 valence electrons. The fraction of sp³-hybridized carbons (Fsp3) is 0.222. The smallest absolute Gasteiger partial charge is 0.338 e. The van der Waals surface area contributed by atoms with E-state index in [-0.39, 0.29) is 24.9 Å². The highest BCUT2D eigenvalue weighted by atomic mass is 35.5. The van der Waals surface area contributed by atoms with E-state index in [9.17, 15) is 9.59 Å². The molecule has 4 aromatic rings. The highest BCUT2D eigenvalue weighted by Gasteiger charge is 2.32. The predicted octanol–water partition coefficient (Wildman–Crippen LogP) is 5.50. The van der Waals surface area contributed by atoms with E-state index in [4.69, 9.17) is 21.3 Å². The number of amides is 1. The zero-order valence-corrected chi connectivity index (χ0v) is 21.9. The van der Waals surface area contributed by atoms with Crippen LogP contribution in [0, 0.1) is 20.8 Å². The first-order valence-electron chi connectivity index (χ1n) is 11.8. The number of hydrogen-bond donors (Lipinski definition) is 1. The highest BCUT2D eigenvalue weighted by Crippen LogP contribution is 2.39. The van der Waals surface area contributed by atoms with Gasteiger partial charge in [0.1, 0.15) is 23.5 Å². The third-order valence-electron chi connectivity index (χ3n) is 6.71. The van der Waals surface area contributed by atoms with Gasteiger partial charge in [0.15, 0.2) is 5.82 Å². The van der Waals surface area contributed by atoms with E-state index in [1.54, 1.807) is 29.5 Å². The standard InChI is InChI=1S/C27H22ClN5O3S/c1-13-14(2)37-26-23(13)24(16-4-7-18(28)8-5-16)30-21(25-32-31-15(3)33(25)26)11-22(34)29-19-9-6-17-12-36-27(35)20(17)10-19/h4-10,21H,11-12H2,1-3H3,(H,29,34)/t21-/m0/s1. The van der Waals surface area contributed by atoms with Crippen LogP contribution in [-0.4, -0.2) is 32.4 Å². The monoisotopic (exact) mass is 531 g/mol. The summed E-state index contributed by atoms with van der Waals surface area (Å²) in [5.41, 5.74) is 5.64. The fourth-order valence-electron chi connectivity index (χ4n) is 4.71. The molecule has 1 atom stereocenters. The number of cyclic esters (lactones) is 1. The maximum absolute atomic E-state index is 13.2. The molecule has 0 radical (unpaired) electrons. The van der Waals surface area contributed by atoms with Gasteiger partial charge in [-0.25, -0.2) is 4.79 Å². The molecule has 4 heterocycles. The number of hydrogen-bond acceptors (Lipinski definition) is 7. The number of anilines is 1. The number of aliphatic imine (C=N–C) groups is 1. The van der Waals surface area contributed by atoms with Crippen molar-refractivity contribution in [2.45, 2.75) is 39.8 Å². The van der Waals surface area contributed by atoms with Crippen molar-refractivity contribution in [2.75, 3.05) is 5.32 Å². The molecule has 2 aromatic carbocycles. The Bertz CT molecular complexity index is 1620. The van der Waals surface area contributed by atoms with Crippen LogP contribution in [0.25, 0.3) is 5.00 Å². The SMILES string of the molecule is Cc1sc2c(c1C)C(c1ccc(Cl)cc1)=N[C@@H](CC(=O)Nc1ccc3c(c1)C(=O)OC3)c1nnc(C)n1-2. The molecule has 0 saturated heterocycles. The molecular weight excluding hydrogens is 510 g/mol. The predicted molar refractivity (Wildman–Crippen MR) is 142 cm³/mol. The molecule has 6 rings (SSSR count). The summed E-state index contributed by atoms with van der Waals surface area (Å²) in [5, 5.41) is 13.3. The molecule has 2 aliphatic heterocycles. The number of esters is 1. The average Bonchev–Trinajstić information content (AvgIpc) is 3.50. The fourth-order valence-corrected chi connectivity index (χ4v) is 6.05. The first kappa shape index (κ1) is 23.6. The summed E-state index contributed by atoms with van der Waals surface area (Å²) in [7, 11) is 0. The van der Waals surface area contributed by atoms with Crippen LogP contribution in [0.15, 0.2) is 47.5 Å². The second kappa shape index (κ2) is 8.93. The van der Waals surface area contributed by atoms with Crippen molar-refractivity contribution in [3.05, 3.63) is 91.8 Å². The van der Waals surface area contributed by atoms with Gasteiger partial charge in [-0.05, 0) is 50.6 Å². The van der Waals surface area contributed by atoms with Gasteiger partial charge in [0, 0.05) is 32.3 Å². The van der Waals surface area contributed by atoms with Gasteiger partial charge >= 0.3 is 5.97 Å². The van der Waals surface area contributed by atoms with Crippen molar-refractivity contribution in [3.63, 3.8) is 0 Å². The van der Waals surface area contributed by atoms with E-state index < -0.39 is 6.04 Å². The van der Waals surface area contributed by atoms with Crippen molar-refractivity contribution in [3.8, 4) is 5.00 Å². The lowest BCUT2D eigenvalue weighted by molar-refractivity contribution is -0.116. The molecule has 0 aliphatic carbocycles. The van der Waals surface area contributed by atoms with Gasteiger partial charge < -0.3 is 10.1 Å². The number of aryl methyl sites for hydroxylation is 2. The minimum Gasteiger partial charge on any atom is -0.457 e. The van der Waals surface area contributed by atoms with Gasteiger partial charge in [-0.2, -0.15) is 0 Å². The third kappa shape index (κ3) is 4.04. The number of nitrogens with zero attached hydrogens (tertiary/aromatic N) is 4. The zero-order valence-electron chi connectivity index (χ0n) is 20.3. The summed E-state index contributed by atoms with van der Waals surface area (Å²) in [6, 6.07) is 12.2. The van der Waals surface area contributed by atoms with Crippen LogP contribution < -0.4 is 5.32 Å². The lowest BCUT2D eigenvalue weighted by atomic mass is 9.99. The maximum atomic E-state index is 13.2. The molecule has 8 nitrogen and oxygen atoms in total. The molecule has 0 bridgehead atoms. The highest BCUT2D eigenvalue weighted by molar-refractivity contribution is 7.15. The van der Waals surface area contributed by atoms with E-state index in [0.717, 1.165) is 38.8 Å². The lowest BCUT2D eigenvalue weighted by Crippen LogP contribution is -2.17. The average molecular weight is 532 g/mol. The summed E-state index contributed by atoms with van der Waals surface area (Å²) in [6.07, 6.45) is 0.0454. The third-order valence-corrected chi connectivity index (χ3v) is 8.15. The molecule has 2 aliphatic rings. The first-order chi connectivity index (χ1) is 17.8. The number of halogens is 1. The van der Waals surface area contributed by atoms with Gasteiger partial charge in [-0.15, -0.1) is 21.5 Å². The van der Waals surface area contributed by atoms with E-state index in [0.29, 0.717) is 22.1 Å². The summed E-state index contributed by atoms with van der Waals surface area (Å²) >= 11 is 7.83. The van der Waals surface area contributed by atoms with Crippen LogP contribution in [-0.2, 0) is 16.1 Å². The Kier molecular flexibility index (Phi) is 5.69. The molecule has 1 amide bonds. The number of thiophene rings is 1. The number of fused-ring (bicyclic) bond motifs is 4. The molecule has 37 heavy (non-hydrogen) atoms. The minimum absolute atomic E-state index is 0.0454. The topological polar surface area (TPSA) is 98.5 Å². The van der Waals surface area contributed by atoms with Crippen LogP contribution in [0.5, 0.6) is 0 Å². The number of aromatic nitrogens is 3. The van der Waals surface area contributed by atoms with Crippen molar-refractivity contribution in [1.82, 2.24) is 14.8 Å². The summed E-state index contributed by atoms with van der Waals surface area (Å²) in [5.74, 6) is 0.706. The van der Waals surface area contributed by atoms with Gasteiger partial charge in [0.05, 0.1) is 17.7 Å². The number of carbonyl (C=O) groups excluding carboxylic acids is 2. The molecule has 0 fully saturated rings. The molecular formula is C27H22ClN5O3S. The second-order valence-electron chi connectivity index (χ2n) is 9.10. The number of benzene rings is 2. The summed E-state index contributed by atoms with van der Waals surface area (Å²) in [6.45, 7) is 6.33. The van der Waals surface area contributed by atoms with Gasteiger partial charge in [0.25, 0.3) is 0 Å². The van der Waals surface area contributed by atoms with Crippen LogP contribution in [0.1, 0.15) is 61.6 Å². The Labute approximate surface area is 222 Å². The van der Waals surface area contributed by atoms with Crippen LogP contribution >= 0.6 is 22.9 Å². The lowest BCUT2D eigenvalue weighted by Gasteiger charge is -2.13. The molecule has 1 N–H and O–H groups in total. The molecule has 10 heteroatoms. The van der Waals surface area contributed by atoms with Crippen LogP contribution in [0.3, 0.4) is 0 Å².